The molecule has 1 saturated heterocycles. The standard InChI is InChI=1S/C20H43N5O3S.HI/c1-8-21-20(22-9-10-25(17(2)3)18(4)5)23-11-13-24(14-12-23)29(26,27)16-15-28-19(6)7;/h17-19H,8-16H2,1-7H3,(H,21,22);1H. The zero-order valence-electron chi connectivity index (χ0n) is 19.9. The number of halogens is 1. The molecule has 1 aliphatic heterocycles. The zero-order valence-corrected chi connectivity index (χ0v) is 23.1. The Morgan fingerprint density at radius 2 is 1.63 bits per heavy atom. The maximum absolute atomic E-state index is 12.5. The summed E-state index contributed by atoms with van der Waals surface area (Å²) in [6.07, 6.45) is 0.0447. The number of hydrogen-bond donors (Lipinski definition) is 1. The van der Waals surface area contributed by atoms with Gasteiger partial charge in [0.25, 0.3) is 0 Å². The van der Waals surface area contributed by atoms with E-state index in [9.17, 15) is 8.42 Å². The molecule has 8 nitrogen and oxygen atoms in total. The Kier molecular flexibility index (Phi) is 14.7. The van der Waals surface area contributed by atoms with Crippen molar-refractivity contribution in [2.45, 2.75) is 66.7 Å². The van der Waals surface area contributed by atoms with Crippen molar-refractivity contribution >= 4 is 40.0 Å². The molecule has 0 spiro atoms. The minimum absolute atomic E-state index is 0. The SMILES string of the molecule is CCNC(=NCCN(C(C)C)C(C)C)N1CCN(S(=O)(=O)CCOC(C)C)CC1.I. The number of guanidine groups is 1. The van der Waals surface area contributed by atoms with Crippen molar-refractivity contribution in [1.29, 1.82) is 0 Å². The van der Waals surface area contributed by atoms with E-state index in [1.807, 2.05) is 13.8 Å². The van der Waals surface area contributed by atoms with Gasteiger partial charge < -0.3 is 15.0 Å². The summed E-state index contributed by atoms with van der Waals surface area (Å²) in [6.45, 7) is 19.7. The number of hydrogen-bond acceptors (Lipinski definition) is 5. The minimum atomic E-state index is -3.27. The zero-order chi connectivity index (χ0) is 22.0. The summed E-state index contributed by atoms with van der Waals surface area (Å²) < 4.78 is 32.0. The molecule has 0 unspecified atom stereocenters. The van der Waals surface area contributed by atoms with Crippen LogP contribution in [-0.4, -0.2) is 105 Å². The fourth-order valence-corrected chi connectivity index (χ4v) is 4.79. The van der Waals surface area contributed by atoms with Crippen LogP contribution in [0.25, 0.3) is 0 Å². The lowest BCUT2D eigenvalue weighted by Crippen LogP contribution is -2.54. The number of nitrogens with one attached hydrogen (secondary N) is 1. The van der Waals surface area contributed by atoms with Gasteiger partial charge in [0, 0.05) is 51.4 Å². The van der Waals surface area contributed by atoms with Gasteiger partial charge in [-0.05, 0) is 48.5 Å². The Morgan fingerprint density at radius 3 is 2.10 bits per heavy atom. The summed E-state index contributed by atoms with van der Waals surface area (Å²) >= 11 is 0. The van der Waals surface area contributed by atoms with Gasteiger partial charge in [-0.15, -0.1) is 24.0 Å². The molecular weight excluding hydrogens is 517 g/mol. The number of piperazine rings is 1. The molecule has 1 N–H and O–H groups in total. The molecule has 1 aliphatic rings. The average Bonchev–Trinajstić information content (AvgIpc) is 2.63. The Balaban J connectivity index is 0.00000841. The lowest BCUT2D eigenvalue weighted by Gasteiger charge is -2.36. The van der Waals surface area contributed by atoms with Crippen molar-refractivity contribution < 1.29 is 13.2 Å². The summed E-state index contributed by atoms with van der Waals surface area (Å²) in [4.78, 5) is 9.39. The molecule has 1 fully saturated rings. The number of ether oxygens (including phenoxy) is 1. The highest BCUT2D eigenvalue weighted by molar-refractivity contribution is 14.0. The first-order chi connectivity index (χ1) is 13.6. The second-order valence-corrected chi connectivity index (χ2v) is 10.4. The van der Waals surface area contributed by atoms with Gasteiger partial charge in [-0.25, -0.2) is 8.42 Å². The third-order valence-corrected chi connectivity index (χ3v) is 6.84. The maximum Gasteiger partial charge on any atom is 0.216 e. The summed E-state index contributed by atoms with van der Waals surface area (Å²) in [5.41, 5.74) is 0. The fourth-order valence-electron chi connectivity index (χ4n) is 3.51. The summed E-state index contributed by atoms with van der Waals surface area (Å²) in [7, 11) is -3.27. The van der Waals surface area contributed by atoms with Gasteiger partial charge in [-0.2, -0.15) is 4.31 Å². The molecule has 0 aromatic rings. The highest BCUT2D eigenvalue weighted by Crippen LogP contribution is 2.09. The van der Waals surface area contributed by atoms with Crippen LogP contribution in [-0.2, 0) is 14.8 Å². The Labute approximate surface area is 201 Å². The van der Waals surface area contributed by atoms with Crippen LogP contribution in [0.1, 0.15) is 48.5 Å². The fraction of sp³-hybridized carbons (Fsp3) is 0.950. The summed E-state index contributed by atoms with van der Waals surface area (Å²) in [6, 6.07) is 0.974. The predicted octanol–water partition coefficient (Wildman–Crippen LogP) is 2.06. The first kappa shape index (κ1) is 29.8. The van der Waals surface area contributed by atoms with Gasteiger partial charge in [0.15, 0.2) is 5.96 Å². The van der Waals surface area contributed by atoms with Crippen LogP contribution in [0.15, 0.2) is 4.99 Å². The molecule has 10 heteroatoms. The molecule has 30 heavy (non-hydrogen) atoms. The van der Waals surface area contributed by atoms with E-state index in [0.29, 0.717) is 38.3 Å². The highest BCUT2D eigenvalue weighted by atomic mass is 127. The maximum atomic E-state index is 12.5. The molecule has 180 valence electrons. The van der Waals surface area contributed by atoms with Gasteiger partial charge in [-0.1, -0.05) is 0 Å². The van der Waals surface area contributed by atoms with Gasteiger partial charge >= 0.3 is 0 Å². The van der Waals surface area contributed by atoms with Crippen molar-refractivity contribution in [3.05, 3.63) is 0 Å². The van der Waals surface area contributed by atoms with Gasteiger partial charge in [-0.3, -0.25) is 9.89 Å². The molecule has 0 aliphatic carbocycles. The van der Waals surface area contributed by atoms with Crippen molar-refractivity contribution in [2.24, 2.45) is 4.99 Å². The average molecular weight is 562 g/mol. The lowest BCUT2D eigenvalue weighted by atomic mass is 10.2. The second kappa shape index (κ2) is 14.8. The van der Waals surface area contributed by atoms with Crippen LogP contribution in [0.5, 0.6) is 0 Å². The normalized spacial score (nSPS) is 16.6. The molecule has 0 bridgehead atoms. The summed E-state index contributed by atoms with van der Waals surface area (Å²) in [5.74, 6) is 0.916. The third kappa shape index (κ3) is 10.4. The van der Waals surface area contributed by atoms with E-state index in [2.05, 4.69) is 49.7 Å². The number of sulfonamides is 1. The van der Waals surface area contributed by atoms with E-state index in [4.69, 9.17) is 9.73 Å². The van der Waals surface area contributed by atoms with Crippen molar-refractivity contribution in [2.75, 3.05) is 58.2 Å². The minimum Gasteiger partial charge on any atom is -0.378 e. The predicted molar refractivity (Wildman–Crippen MR) is 136 cm³/mol. The van der Waals surface area contributed by atoms with E-state index >= 15 is 0 Å². The van der Waals surface area contributed by atoms with Crippen molar-refractivity contribution in [1.82, 2.24) is 19.4 Å². The van der Waals surface area contributed by atoms with Crippen LogP contribution < -0.4 is 5.32 Å². The van der Waals surface area contributed by atoms with E-state index in [-0.39, 0.29) is 42.4 Å². The monoisotopic (exact) mass is 561 g/mol. The molecule has 1 rings (SSSR count). The van der Waals surface area contributed by atoms with Gasteiger partial charge in [0.2, 0.25) is 10.0 Å². The lowest BCUT2D eigenvalue weighted by molar-refractivity contribution is 0.0904. The van der Waals surface area contributed by atoms with Crippen LogP contribution in [0.3, 0.4) is 0 Å². The Morgan fingerprint density at radius 1 is 1.07 bits per heavy atom. The Bertz CT molecular complexity index is 583. The van der Waals surface area contributed by atoms with E-state index < -0.39 is 10.0 Å². The van der Waals surface area contributed by atoms with E-state index in [0.717, 1.165) is 25.6 Å². The van der Waals surface area contributed by atoms with Crippen LogP contribution in [0.4, 0.5) is 0 Å². The molecule has 0 aromatic carbocycles. The van der Waals surface area contributed by atoms with Crippen LogP contribution in [0.2, 0.25) is 0 Å². The van der Waals surface area contributed by atoms with Crippen LogP contribution in [0, 0.1) is 0 Å². The van der Waals surface area contributed by atoms with Crippen molar-refractivity contribution in [3.8, 4) is 0 Å². The quantitative estimate of drug-likeness (QED) is 0.237. The first-order valence-electron chi connectivity index (χ1n) is 11.0. The van der Waals surface area contributed by atoms with Crippen LogP contribution >= 0.6 is 24.0 Å². The molecule has 0 radical (unpaired) electrons. The molecule has 0 aromatic heterocycles. The highest BCUT2D eigenvalue weighted by Gasteiger charge is 2.28. The number of nitrogens with zero attached hydrogens (tertiary/aromatic N) is 4. The topological polar surface area (TPSA) is 77.5 Å². The molecule has 0 saturated carbocycles. The third-order valence-electron chi connectivity index (χ3n) is 5.01. The Hall–Kier alpha value is -0.170. The molecule has 1 heterocycles. The molecular formula is C20H44IN5O3S. The van der Waals surface area contributed by atoms with Gasteiger partial charge in [0.1, 0.15) is 0 Å². The van der Waals surface area contributed by atoms with Crippen molar-refractivity contribution in [3.63, 3.8) is 0 Å². The molecule has 0 amide bonds. The van der Waals surface area contributed by atoms with Gasteiger partial charge in [0.05, 0.1) is 25.0 Å². The summed E-state index contributed by atoms with van der Waals surface area (Å²) in [5, 5.41) is 3.35. The molecule has 0 atom stereocenters. The smallest absolute Gasteiger partial charge is 0.216 e. The number of aliphatic imine (C=N–C) groups is 1. The largest absolute Gasteiger partial charge is 0.378 e. The van der Waals surface area contributed by atoms with E-state index in [1.54, 1.807) is 4.31 Å². The second-order valence-electron chi connectivity index (χ2n) is 8.28. The van der Waals surface area contributed by atoms with E-state index in [1.165, 1.54) is 0 Å². The first-order valence-corrected chi connectivity index (χ1v) is 12.6. The number of rotatable bonds is 11.